The molecular weight excluding hydrogens is 164 g/mol. The summed E-state index contributed by atoms with van der Waals surface area (Å²) < 4.78 is 0. The first kappa shape index (κ1) is 12.4. The molecule has 0 aromatic rings. The molecule has 78 valence electrons. The normalized spacial score (nSPS) is 15.5. The molecule has 3 nitrogen and oxygen atoms in total. The molecule has 0 bridgehead atoms. The summed E-state index contributed by atoms with van der Waals surface area (Å²) in [7, 11) is 0. The van der Waals surface area contributed by atoms with Gasteiger partial charge in [0.25, 0.3) is 0 Å². The van der Waals surface area contributed by atoms with E-state index < -0.39 is 0 Å². The van der Waals surface area contributed by atoms with E-state index >= 15 is 0 Å². The number of hydrogen-bond donors (Lipinski definition) is 2. The molecule has 0 aliphatic heterocycles. The van der Waals surface area contributed by atoms with E-state index in [1.807, 2.05) is 0 Å². The topological polar surface area (TPSA) is 41.1 Å². The van der Waals surface area contributed by atoms with Crippen LogP contribution in [0.3, 0.4) is 0 Å². The summed E-state index contributed by atoms with van der Waals surface area (Å²) in [6.07, 6.45) is 0.770. The number of nitrogens with one attached hydrogen (secondary N) is 2. The first-order valence-corrected chi connectivity index (χ1v) is 4.94. The number of hydrogen-bond acceptors (Lipinski definition) is 2. The summed E-state index contributed by atoms with van der Waals surface area (Å²) in [5, 5.41) is 6.08. The van der Waals surface area contributed by atoms with Crippen molar-refractivity contribution in [2.45, 2.75) is 27.7 Å². The molecule has 0 rings (SSSR count). The molecule has 0 fully saturated rings. The average Bonchev–Trinajstić information content (AvgIpc) is 2.11. The van der Waals surface area contributed by atoms with Gasteiger partial charge in [0.1, 0.15) is 0 Å². The largest absolute Gasteiger partial charge is 0.358 e. The van der Waals surface area contributed by atoms with E-state index in [4.69, 9.17) is 0 Å². The summed E-state index contributed by atoms with van der Waals surface area (Å²) in [4.78, 5) is 10.2. The van der Waals surface area contributed by atoms with Crippen LogP contribution in [-0.4, -0.2) is 26.0 Å². The maximum atomic E-state index is 10.2. The van der Waals surface area contributed by atoms with Crippen LogP contribution in [0.15, 0.2) is 0 Å². The van der Waals surface area contributed by atoms with Crippen LogP contribution in [0.25, 0.3) is 0 Å². The lowest BCUT2D eigenvalue weighted by atomic mass is 9.79. The molecular formula is C10H22N2O. The van der Waals surface area contributed by atoms with Crippen LogP contribution in [0, 0.1) is 11.3 Å². The van der Waals surface area contributed by atoms with Gasteiger partial charge >= 0.3 is 0 Å². The summed E-state index contributed by atoms with van der Waals surface area (Å²) >= 11 is 0. The van der Waals surface area contributed by atoms with Crippen LogP contribution >= 0.6 is 0 Å². The number of carbonyl (C=O) groups excluding carboxylic acids is 1. The summed E-state index contributed by atoms with van der Waals surface area (Å²) in [5.41, 5.74) is 0.150. The maximum Gasteiger partial charge on any atom is 0.207 e. The second-order valence-electron chi connectivity index (χ2n) is 4.09. The Labute approximate surface area is 81.3 Å². The molecule has 0 aliphatic rings. The van der Waals surface area contributed by atoms with Crippen LogP contribution < -0.4 is 10.6 Å². The smallest absolute Gasteiger partial charge is 0.207 e. The molecule has 13 heavy (non-hydrogen) atoms. The summed E-state index contributed by atoms with van der Waals surface area (Å²) in [5.74, 6) is 0.555. The lowest BCUT2D eigenvalue weighted by Gasteiger charge is -2.33. The van der Waals surface area contributed by atoms with E-state index in [1.165, 1.54) is 0 Å². The van der Waals surface area contributed by atoms with Crippen LogP contribution in [-0.2, 0) is 4.79 Å². The summed E-state index contributed by atoms with van der Waals surface area (Å²) in [6.45, 7) is 11.3. The van der Waals surface area contributed by atoms with Gasteiger partial charge in [-0.3, -0.25) is 4.79 Å². The SMILES string of the molecule is CCNCC(C)(CNC=O)C(C)C. The van der Waals surface area contributed by atoms with Gasteiger partial charge in [-0.05, 0) is 17.9 Å². The zero-order valence-electron chi connectivity index (χ0n) is 9.18. The molecule has 2 N–H and O–H groups in total. The minimum absolute atomic E-state index is 0.150. The van der Waals surface area contributed by atoms with Crippen LogP contribution in [0.4, 0.5) is 0 Å². The molecule has 0 heterocycles. The van der Waals surface area contributed by atoms with Crippen LogP contribution in [0.5, 0.6) is 0 Å². The molecule has 0 saturated carbocycles. The number of carbonyl (C=O) groups is 1. The Morgan fingerprint density at radius 3 is 2.38 bits per heavy atom. The Morgan fingerprint density at radius 1 is 1.38 bits per heavy atom. The fraction of sp³-hybridized carbons (Fsp3) is 0.900. The minimum Gasteiger partial charge on any atom is -0.358 e. The lowest BCUT2D eigenvalue weighted by molar-refractivity contribution is -0.110. The first-order chi connectivity index (χ1) is 6.06. The van der Waals surface area contributed by atoms with E-state index in [0.717, 1.165) is 26.0 Å². The highest BCUT2D eigenvalue weighted by molar-refractivity contribution is 5.45. The molecule has 1 atom stereocenters. The Bertz CT molecular complexity index is 148. The highest BCUT2D eigenvalue weighted by Crippen LogP contribution is 2.24. The Balaban J connectivity index is 4.07. The molecule has 1 unspecified atom stereocenters. The van der Waals surface area contributed by atoms with E-state index in [0.29, 0.717) is 5.92 Å². The van der Waals surface area contributed by atoms with Gasteiger partial charge in [0, 0.05) is 13.1 Å². The summed E-state index contributed by atoms with van der Waals surface area (Å²) in [6, 6.07) is 0. The van der Waals surface area contributed by atoms with E-state index in [-0.39, 0.29) is 5.41 Å². The number of rotatable bonds is 7. The van der Waals surface area contributed by atoms with E-state index in [9.17, 15) is 4.79 Å². The second kappa shape index (κ2) is 5.97. The predicted molar refractivity (Wildman–Crippen MR) is 55.6 cm³/mol. The van der Waals surface area contributed by atoms with Crippen molar-refractivity contribution in [2.75, 3.05) is 19.6 Å². The number of amides is 1. The van der Waals surface area contributed by atoms with Crippen molar-refractivity contribution in [3.05, 3.63) is 0 Å². The highest BCUT2D eigenvalue weighted by atomic mass is 16.1. The van der Waals surface area contributed by atoms with Crippen LogP contribution in [0.1, 0.15) is 27.7 Å². The van der Waals surface area contributed by atoms with Crippen molar-refractivity contribution < 1.29 is 4.79 Å². The standard InChI is InChI=1S/C10H22N2O/c1-5-11-6-10(4,9(2)3)7-12-8-13/h8-9,11H,5-7H2,1-4H3,(H,12,13). The quantitative estimate of drug-likeness (QED) is 0.582. The fourth-order valence-electron chi connectivity index (χ4n) is 1.16. The monoisotopic (exact) mass is 186 g/mol. The van der Waals surface area contributed by atoms with Gasteiger partial charge in [0.2, 0.25) is 6.41 Å². The third-order valence-corrected chi connectivity index (χ3v) is 2.76. The van der Waals surface area contributed by atoms with Gasteiger partial charge in [-0.2, -0.15) is 0 Å². The van der Waals surface area contributed by atoms with Gasteiger partial charge in [-0.25, -0.2) is 0 Å². The molecule has 0 saturated heterocycles. The molecule has 0 aromatic heterocycles. The molecule has 1 amide bonds. The molecule has 0 aliphatic carbocycles. The van der Waals surface area contributed by atoms with Crippen molar-refractivity contribution in [1.29, 1.82) is 0 Å². The average molecular weight is 186 g/mol. The Morgan fingerprint density at radius 2 is 2.00 bits per heavy atom. The van der Waals surface area contributed by atoms with Crippen molar-refractivity contribution in [3.8, 4) is 0 Å². The van der Waals surface area contributed by atoms with Crippen molar-refractivity contribution in [2.24, 2.45) is 11.3 Å². The van der Waals surface area contributed by atoms with Gasteiger partial charge in [0.15, 0.2) is 0 Å². The van der Waals surface area contributed by atoms with Crippen molar-refractivity contribution >= 4 is 6.41 Å². The van der Waals surface area contributed by atoms with Gasteiger partial charge < -0.3 is 10.6 Å². The third-order valence-electron chi connectivity index (χ3n) is 2.76. The molecule has 3 heteroatoms. The third kappa shape index (κ3) is 4.27. The predicted octanol–water partition coefficient (Wildman–Crippen LogP) is 1.00. The zero-order chi connectivity index (χ0) is 10.3. The van der Waals surface area contributed by atoms with Gasteiger partial charge in [-0.15, -0.1) is 0 Å². The van der Waals surface area contributed by atoms with Gasteiger partial charge in [0.05, 0.1) is 0 Å². The van der Waals surface area contributed by atoms with Gasteiger partial charge in [-0.1, -0.05) is 27.7 Å². The minimum atomic E-state index is 0.150. The Hall–Kier alpha value is -0.570. The van der Waals surface area contributed by atoms with Crippen molar-refractivity contribution in [1.82, 2.24) is 10.6 Å². The molecule has 0 spiro atoms. The van der Waals surface area contributed by atoms with E-state index in [2.05, 4.69) is 38.3 Å². The Kier molecular flexibility index (Phi) is 5.71. The highest BCUT2D eigenvalue weighted by Gasteiger charge is 2.27. The maximum absolute atomic E-state index is 10.2. The fourth-order valence-corrected chi connectivity index (χ4v) is 1.16. The van der Waals surface area contributed by atoms with Crippen molar-refractivity contribution in [3.63, 3.8) is 0 Å². The second-order valence-corrected chi connectivity index (χ2v) is 4.09. The zero-order valence-corrected chi connectivity index (χ0v) is 9.18. The van der Waals surface area contributed by atoms with Crippen LogP contribution in [0.2, 0.25) is 0 Å². The molecule has 0 radical (unpaired) electrons. The first-order valence-electron chi connectivity index (χ1n) is 4.94. The lowest BCUT2D eigenvalue weighted by Crippen LogP contribution is -2.43. The van der Waals surface area contributed by atoms with E-state index in [1.54, 1.807) is 0 Å². The molecule has 0 aromatic carbocycles.